The highest BCUT2D eigenvalue weighted by molar-refractivity contribution is 7.98. The van der Waals surface area contributed by atoms with Crippen molar-refractivity contribution in [3.8, 4) is 0 Å². The van der Waals surface area contributed by atoms with E-state index < -0.39 is 22.7 Å². The molecule has 150 valence electrons. The highest BCUT2D eigenvalue weighted by atomic mass is 35.5. The molecule has 0 unspecified atom stereocenters. The summed E-state index contributed by atoms with van der Waals surface area (Å²) in [6.07, 6.45) is -4.59. The monoisotopic (exact) mass is 435 g/mol. The molecule has 0 aromatic heterocycles. The number of rotatable bonds is 5. The van der Waals surface area contributed by atoms with Gasteiger partial charge in [0.2, 0.25) is 0 Å². The quantitative estimate of drug-likeness (QED) is 0.429. The van der Waals surface area contributed by atoms with Crippen molar-refractivity contribution in [2.24, 2.45) is 0 Å². The number of anilines is 1. The third-order valence-corrected chi connectivity index (χ3v) is 5.58. The normalized spacial score (nSPS) is 11.3. The van der Waals surface area contributed by atoms with Gasteiger partial charge in [0, 0.05) is 21.9 Å². The third-order valence-electron chi connectivity index (χ3n) is 4.17. The van der Waals surface area contributed by atoms with Crippen LogP contribution in [0.25, 0.3) is 0 Å². The fraction of sp³-hybridized carbons (Fsp3) is 0.136. The molecule has 0 aliphatic heterocycles. The number of hydrogen-bond donors (Lipinski definition) is 1. The lowest BCUT2D eigenvalue weighted by molar-refractivity contribution is -0.137. The number of alkyl halides is 3. The summed E-state index contributed by atoms with van der Waals surface area (Å²) in [5.41, 5.74) is 1.65. The van der Waals surface area contributed by atoms with Crippen LogP contribution in [0.5, 0.6) is 0 Å². The average Bonchev–Trinajstić information content (AvgIpc) is 2.68. The summed E-state index contributed by atoms with van der Waals surface area (Å²) >= 11 is 7.28. The fourth-order valence-electron chi connectivity index (χ4n) is 2.58. The van der Waals surface area contributed by atoms with Gasteiger partial charge in [-0.25, -0.2) is 0 Å². The molecule has 1 amide bonds. The Morgan fingerprint density at radius 2 is 1.66 bits per heavy atom. The number of aryl methyl sites for hydroxylation is 1. The second-order valence-corrected chi connectivity index (χ2v) is 7.90. The second kappa shape index (κ2) is 8.93. The molecule has 0 aliphatic carbocycles. The molecule has 0 aliphatic rings. The molecular formula is C22H17ClF3NOS. The lowest BCUT2D eigenvalue weighted by atomic mass is 10.1. The highest BCUT2D eigenvalue weighted by Gasteiger charge is 2.33. The Bertz CT molecular complexity index is 1000. The van der Waals surface area contributed by atoms with Gasteiger partial charge in [-0.05, 0) is 55.0 Å². The minimum Gasteiger partial charge on any atom is -0.322 e. The number of carbonyl (C=O) groups is 1. The molecule has 7 heteroatoms. The van der Waals surface area contributed by atoms with E-state index in [1.807, 2.05) is 19.1 Å². The third kappa shape index (κ3) is 5.78. The first kappa shape index (κ1) is 21.3. The summed E-state index contributed by atoms with van der Waals surface area (Å²) in [5, 5.41) is 2.07. The van der Waals surface area contributed by atoms with E-state index in [4.69, 9.17) is 11.6 Å². The molecule has 0 bridgehead atoms. The Hall–Kier alpha value is -2.44. The van der Waals surface area contributed by atoms with Gasteiger partial charge in [-0.1, -0.05) is 41.4 Å². The van der Waals surface area contributed by atoms with Crippen LogP contribution >= 0.6 is 23.4 Å². The van der Waals surface area contributed by atoms with Crippen molar-refractivity contribution in [1.82, 2.24) is 0 Å². The van der Waals surface area contributed by atoms with Crippen molar-refractivity contribution >= 4 is 35.0 Å². The van der Waals surface area contributed by atoms with Gasteiger partial charge in [0.15, 0.2) is 0 Å². The zero-order valence-corrected chi connectivity index (χ0v) is 17.0. The van der Waals surface area contributed by atoms with E-state index in [1.54, 1.807) is 23.9 Å². The van der Waals surface area contributed by atoms with Gasteiger partial charge >= 0.3 is 6.18 Å². The van der Waals surface area contributed by atoms with Crippen molar-refractivity contribution in [2.45, 2.75) is 23.7 Å². The van der Waals surface area contributed by atoms with Crippen molar-refractivity contribution in [3.63, 3.8) is 0 Å². The largest absolute Gasteiger partial charge is 0.417 e. The Morgan fingerprint density at radius 3 is 2.28 bits per heavy atom. The minimum absolute atomic E-state index is 0.0331. The molecule has 3 aromatic carbocycles. The number of amides is 1. The number of carbonyl (C=O) groups excluding carboxylic acids is 1. The summed E-state index contributed by atoms with van der Waals surface area (Å²) in [6, 6.07) is 18.5. The van der Waals surface area contributed by atoms with Crippen molar-refractivity contribution in [3.05, 3.63) is 94.0 Å². The van der Waals surface area contributed by atoms with Crippen molar-refractivity contribution < 1.29 is 18.0 Å². The molecule has 0 fully saturated rings. The van der Waals surface area contributed by atoms with Gasteiger partial charge < -0.3 is 5.32 Å². The summed E-state index contributed by atoms with van der Waals surface area (Å²) in [7, 11) is 0. The van der Waals surface area contributed by atoms with E-state index in [-0.39, 0.29) is 5.69 Å². The zero-order valence-electron chi connectivity index (χ0n) is 15.4. The zero-order chi connectivity index (χ0) is 21.0. The van der Waals surface area contributed by atoms with Crippen LogP contribution in [0.2, 0.25) is 5.02 Å². The minimum atomic E-state index is -4.59. The van der Waals surface area contributed by atoms with Crippen LogP contribution in [0.1, 0.15) is 27.0 Å². The van der Waals surface area contributed by atoms with Crippen LogP contribution in [0.15, 0.2) is 71.6 Å². The molecular weight excluding hydrogens is 419 g/mol. The van der Waals surface area contributed by atoms with Crippen LogP contribution < -0.4 is 5.32 Å². The van der Waals surface area contributed by atoms with Gasteiger partial charge in [-0.3, -0.25) is 4.79 Å². The molecule has 3 rings (SSSR count). The molecule has 0 spiro atoms. The van der Waals surface area contributed by atoms with E-state index in [0.29, 0.717) is 5.56 Å². The summed E-state index contributed by atoms with van der Waals surface area (Å²) < 4.78 is 38.8. The maximum absolute atomic E-state index is 12.9. The van der Waals surface area contributed by atoms with E-state index in [1.165, 1.54) is 11.6 Å². The highest BCUT2D eigenvalue weighted by Crippen LogP contribution is 2.36. The van der Waals surface area contributed by atoms with Crippen molar-refractivity contribution in [1.29, 1.82) is 0 Å². The maximum Gasteiger partial charge on any atom is 0.417 e. The molecule has 0 heterocycles. The first-order valence-corrected chi connectivity index (χ1v) is 10.1. The van der Waals surface area contributed by atoms with Crippen LogP contribution in [-0.4, -0.2) is 5.91 Å². The van der Waals surface area contributed by atoms with Gasteiger partial charge in [-0.2, -0.15) is 13.2 Å². The summed E-state index contributed by atoms with van der Waals surface area (Å²) in [4.78, 5) is 13.5. The summed E-state index contributed by atoms with van der Waals surface area (Å²) in [5.74, 6) is 0.259. The number of benzene rings is 3. The van der Waals surface area contributed by atoms with Crippen LogP contribution in [0.4, 0.5) is 18.9 Å². The van der Waals surface area contributed by atoms with Gasteiger partial charge in [0.1, 0.15) is 0 Å². The SMILES string of the molecule is Cc1ccc(SCc2ccc(C(=O)Nc3ccc(Cl)c(C(F)(F)F)c3)cc2)cc1. The smallest absolute Gasteiger partial charge is 0.322 e. The Balaban J connectivity index is 1.64. The molecule has 2 nitrogen and oxygen atoms in total. The topological polar surface area (TPSA) is 29.1 Å². The van der Waals surface area contributed by atoms with Crippen LogP contribution in [0, 0.1) is 6.92 Å². The first-order chi connectivity index (χ1) is 13.7. The van der Waals surface area contributed by atoms with Crippen LogP contribution in [-0.2, 0) is 11.9 Å². The molecule has 1 N–H and O–H groups in total. The molecule has 3 aromatic rings. The number of hydrogen-bond acceptors (Lipinski definition) is 2. The summed E-state index contributed by atoms with van der Waals surface area (Å²) in [6.45, 7) is 2.03. The second-order valence-electron chi connectivity index (χ2n) is 6.45. The predicted octanol–water partition coefficient (Wildman–Crippen LogP) is 7.21. The van der Waals surface area contributed by atoms with Gasteiger partial charge in [0.05, 0.1) is 10.6 Å². The van der Waals surface area contributed by atoms with E-state index in [0.717, 1.165) is 28.3 Å². The van der Waals surface area contributed by atoms with Crippen LogP contribution in [0.3, 0.4) is 0 Å². The lowest BCUT2D eigenvalue weighted by Gasteiger charge is -2.12. The average molecular weight is 436 g/mol. The fourth-order valence-corrected chi connectivity index (χ4v) is 3.66. The van der Waals surface area contributed by atoms with E-state index in [9.17, 15) is 18.0 Å². The van der Waals surface area contributed by atoms with Crippen molar-refractivity contribution in [2.75, 3.05) is 5.32 Å². The first-order valence-electron chi connectivity index (χ1n) is 8.69. The number of halogens is 4. The van der Waals surface area contributed by atoms with Gasteiger partial charge in [-0.15, -0.1) is 11.8 Å². The Labute approximate surface area is 176 Å². The number of nitrogens with one attached hydrogen (secondary N) is 1. The molecule has 0 atom stereocenters. The molecule has 0 saturated heterocycles. The standard InChI is InChI=1S/C22H17ClF3NOS/c1-14-2-9-18(10-3-14)29-13-15-4-6-16(7-5-15)21(28)27-17-8-11-20(23)19(12-17)22(24,25)26/h2-12H,13H2,1H3,(H,27,28). The molecule has 0 saturated carbocycles. The lowest BCUT2D eigenvalue weighted by Crippen LogP contribution is -2.13. The predicted molar refractivity (Wildman–Crippen MR) is 112 cm³/mol. The molecule has 0 radical (unpaired) electrons. The Morgan fingerprint density at radius 1 is 1.00 bits per heavy atom. The maximum atomic E-state index is 12.9. The van der Waals surface area contributed by atoms with Gasteiger partial charge in [0.25, 0.3) is 5.91 Å². The molecule has 29 heavy (non-hydrogen) atoms. The Kier molecular flexibility index (Phi) is 6.55. The van der Waals surface area contributed by atoms with E-state index in [2.05, 4.69) is 29.6 Å². The van der Waals surface area contributed by atoms with E-state index >= 15 is 0 Å². The number of thioether (sulfide) groups is 1.